The Balaban J connectivity index is 2.12. The van der Waals surface area contributed by atoms with Crippen molar-refractivity contribution in [2.45, 2.75) is 26.3 Å². The van der Waals surface area contributed by atoms with E-state index in [1.54, 1.807) is 14.0 Å². The zero-order valence-corrected chi connectivity index (χ0v) is 15.4. The van der Waals surface area contributed by atoms with Crippen molar-refractivity contribution in [3.8, 4) is 5.75 Å². The number of rotatable bonds is 7. The Kier molecular flexibility index (Phi) is 6.41. The molecule has 1 aromatic heterocycles. The van der Waals surface area contributed by atoms with Crippen LogP contribution >= 0.6 is 0 Å². The molecule has 0 fully saturated rings. The summed E-state index contributed by atoms with van der Waals surface area (Å²) in [5, 5.41) is 9.78. The number of amides is 2. The van der Waals surface area contributed by atoms with Gasteiger partial charge in [-0.25, -0.2) is 4.79 Å². The van der Waals surface area contributed by atoms with Crippen molar-refractivity contribution in [2.75, 3.05) is 33.1 Å². The molecule has 0 aliphatic carbocycles. The fourth-order valence-electron chi connectivity index (χ4n) is 2.56. The second kappa shape index (κ2) is 8.53. The lowest BCUT2D eigenvalue weighted by Crippen LogP contribution is -2.38. The zero-order valence-electron chi connectivity index (χ0n) is 15.4. The number of anilines is 1. The lowest BCUT2D eigenvalue weighted by Gasteiger charge is -2.23. The summed E-state index contributed by atoms with van der Waals surface area (Å²) >= 11 is 0. The first kappa shape index (κ1) is 18.8. The van der Waals surface area contributed by atoms with E-state index in [1.165, 1.54) is 0 Å². The molecule has 2 N–H and O–H groups in total. The van der Waals surface area contributed by atoms with Gasteiger partial charge in [0.25, 0.3) is 0 Å². The number of likely N-dealkylation sites (N-methyl/N-ethyl adjacent to an activating group) is 1. The highest BCUT2D eigenvalue weighted by Gasteiger charge is 2.19. The Morgan fingerprint density at radius 1 is 1.32 bits per heavy atom. The van der Waals surface area contributed by atoms with Crippen LogP contribution < -0.4 is 15.4 Å². The molecule has 0 aliphatic rings. The Bertz CT molecular complexity index is 695. The van der Waals surface area contributed by atoms with Gasteiger partial charge in [-0.2, -0.15) is 0 Å². The van der Waals surface area contributed by atoms with Crippen molar-refractivity contribution in [1.29, 1.82) is 0 Å². The summed E-state index contributed by atoms with van der Waals surface area (Å²) in [7, 11) is 5.56. The summed E-state index contributed by atoms with van der Waals surface area (Å²) in [4.78, 5) is 14.5. The van der Waals surface area contributed by atoms with Gasteiger partial charge in [-0.1, -0.05) is 24.2 Å². The van der Waals surface area contributed by atoms with Crippen LogP contribution in [0.1, 0.15) is 30.0 Å². The molecule has 1 aromatic carbocycles. The van der Waals surface area contributed by atoms with E-state index in [-0.39, 0.29) is 12.1 Å². The van der Waals surface area contributed by atoms with Crippen LogP contribution in [0.2, 0.25) is 0 Å². The third-order valence-corrected chi connectivity index (χ3v) is 3.86. The molecule has 0 radical (unpaired) electrons. The minimum atomic E-state index is -0.288. The number of nitrogens with zero attached hydrogens (tertiary/aromatic N) is 2. The molecule has 7 nitrogen and oxygen atoms in total. The molecule has 25 heavy (non-hydrogen) atoms. The van der Waals surface area contributed by atoms with Gasteiger partial charge in [0.15, 0.2) is 5.76 Å². The normalized spacial score (nSPS) is 12.1. The molecule has 136 valence electrons. The highest BCUT2D eigenvalue weighted by atomic mass is 16.5. The number of methoxy groups -OCH3 is 1. The highest BCUT2D eigenvalue weighted by molar-refractivity contribution is 5.90. The van der Waals surface area contributed by atoms with Gasteiger partial charge < -0.3 is 24.8 Å². The SMILES string of the molecule is CCc1onc(C)c1NC(=O)N[C@@H](CN(C)C)c1ccc(OC)cc1. The van der Waals surface area contributed by atoms with E-state index in [0.717, 1.165) is 11.3 Å². The predicted octanol–water partition coefficient (Wildman–Crippen LogP) is 2.98. The van der Waals surface area contributed by atoms with E-state index in [9.17, 15) is 4.79 Å². The van der Waals surface area contributed by atoms with Crippen LogP contribution in [-0.2, 0) is 6.42 Å². The zero-order chi connectivity index (χ0) is 18.4. The number of hydrogen-bond acceptors (Lipinski definition) is 5. The number of carbonyl (C=O) groups excluding carboxylic acids is 1. The number of aryl methyl sites for hydroxylation is 2. The van der Waals surface area contributed by atoms with Gasteiger partial charge in [-0.3, -0.25) is 0 Å². The van der Waals surface area contributed by atoms with Crippen LogP contribution in [0.5, 0.6) is 5.75 Å². The number of urea groups is 1. The molecule has 0 spiro atoms. The first-order valence-electron chi connectivity index (χ1n) is 8.26. The fraction of sp³-hybridized carbons (Fsp3) is 0.444. The monoisotopic (exact) mass is 346 g/mol. The third kappa shape index (κ3) is 4.96. The molecule has 0 aliphatic heterocycles. The Labute approximate surface area is 148 Å². The topological polar surface area (TPSA) is 79.6 Å². The Hall–Kier alpha value is -2.54. The molecular formula is C18H26N4O3. The van der Waals surface area contributed by atoms with Crippen molar-refractivity contribution < 1.29 is 14.1 Å². The van der Waals surface area contributed by atoms with Crippen LogP contribution in [0.4, 0.5) is 10.5 Å². The molecule has 1 heterocycles. The summed E-state index contributed by atoms with van der Waals surface area (Å²) in [6.07, 6.45) is 0.663. The van der Waals surface area contributed by atoms with E-state index in [0.29, 0.717) is 30.1 Å². The number of ether oxygens (including phenoxy) is 1. The van der Waals surface area contributed by atoms with E-state index >= 15 is 0 Å². The lowest BCUT2D eigenvalue weighted by atomic mass is 10.1. The second-order valence-corrected chi connectivity index (χ2v) is 6.11. The predicted molar refractivity (Wildman–Crippen MR) is 97.1 cm³/mol. The summed E-state index contributed by atoms with van der Waals surface area (Å²) in [5.41, 5.74) is 2.31. The maximum Gasteiger partial charge on any atom is 0.319 e. The molecule has 1 atom stereocenters. The summed E-state index contributed by atoms with van der Waals surface area (Å²) in [6, 6.07) is 7.23. The maximum absolute atomic E-state index is 12.5. The van der Waals surface area contributed by atoms with Gasteiger partial charge >= 0.3 is 6.03 Å². The van der Waals surface area contributed by atoms with Gasteiger partial charge in [0.05, 0.1) is 13.2 Å². The number of aromatic nitrogens is 1. The molecule has 0 saturated heterocycles. The molecule has 2 rings (SSSR count). The van der Waals surface area contributed by atoms with Crippen molar-refractivity contribution in [3.05, 3.63) is 41.3 Å². The number of nitrogens with one attached hydrogen (secondary N) is 2. The maximum atomic E-state index is 12.5. The van der Waals surface area contributed by atoms with Gasteiger partial charge in [0, 0.05) is 13.0 Å². The van der Waals surface area contributed by atoms with Crippen LogP contribution in [0, 0.1) is 6.92 Å². The number of benzene rings is 1. The van der Waals surface area contributed by atoms with Gasteiger partial charge in [0.2, 0.25) is 0 Å². The summed E-state index contributed by atoms with van der Waals surface area (Å²) < 4.78 is 10.4. The Morgan fingerprint density at radius 2 is 2.00 bits per heavy atom. The minimum absolute atomic E-state index is 0.161. The van der Waals surface area contributed by atoms with Crippen LogP contribution in [0.25, 0.3) is 0 Å². The molecule has 0 bridgehead atoms. The van der Waals surface area contributed by atoms with Crippen molar-refractivity contribution in [1.82, 2.24) is 15.4 Å². The van der Waals surface area contributed by atoms with E-state index in [1.807, 2.05) is 50.2 Å². The number of carbonyl (C=O) groups is 1. The van der Waals surface area contributed by atoms with Crippen molar-refractivity contribution >= 4 is 11.7 Å². The van der Waals surface area contributed by atoms with Gasteiger partial charge in [-0.05, 0) is 38.7 Å². The molecule has 0 saturated carbocycles. The summed E-state index contributed by atoms with van der Waals surface area (Å²) in [6.45, 7) is 4.43. The molecule has 0 unspecified atom stereocenters. The standard InChI is InChI=1S/C18H26N4O3/c1-6-16-17(12(2)21-25-16)20-18(23)19-15(11-22(3)4)13-7-9-14(24-5)10-8-13/h7-10,15H,6,11H2,1-5H3,(H2,19,20,23)/t15-/m0/s1. The average Bonchev–Trinajstić information content (AvgIpc) is 2.94. The van der Waals surface area contributed by atoms with E-state index in [4.69, 9.17) is 9.26 Å². The second-order valence-electron chi connectivity index (χ2n) is 6.11. The molecule has 2 aromatic rings. The van der Waals surface area contributed by atoms with Crippen LogP contribution in [-0.4, -0.2) is 43.8 Å². The van der Waals surface area contributed by atoms with Gasteiger partial charge in [0.1, 0.15) is 17.1 Å². The molecule has 2 amide bonds. The van der Waals surface area contributed by atoms with Crippen molar-refractivity contribution in [2.24, 2.45) is 0 Å². The van der Waals surface area contributed by atoms with Gasteiger partial charge in [-0.15, -0.1) is 0 Å². The highest BCUT2D eigenvalue weighted by Crippen LogP contribution is 2.22. The molecule has 7 heteroatoms. The van der Waals surface area contributed by atoms with Crippen LogP contribution in [0.15, 0.2) is 28.8 Å². The molecular weight excluding hydrogens is 320 g/mol. The first-order valence-corrected chi connectivity index (χ1v) is 8.26. The quantitative estimate of drug-likeness (QED) is 0.806. The van der Waals surface area contributed by atoms with E-state index in [2.05, 4.69) is 15.8 Å². The average molecular weight is 346 g/mol. The lowest BCUT2D eigenvalue weighted by molar-refractivity contribution is 0.244. The third-order valence-electron chi connectivity index (χ3n) is 3.86. The minimum Gasteiger partial charge on any atom is -0.497 e. The number of hydrogen-bond donors (Lipinski definition) is 2. The largest absolute Gasteiger partial charge is 0.497 e. The fourth-order valence-corrected chi connectivity index (χ4v) is 2.56. The van der Waals surface area contributed by atoms with Crippen molar-refractivity contribution in [3.63, 3.8) is 0 Å². The summed E-state index contributed by atoms with van der Waals surface area (Å²) in [5.74, 6) is 1.45. The smallest absolute Gasteiger partial charge is 0.319 e. The Morgan fingerprint density at radius 3 is 2.56 bits per heavy atom. The first-order chi connectivity index (χ1) is 11.9. The van der Waals surface area contributed by atoms with Crippen LogP contribution in [0.3, 0.4) is 0 Å². The van der Waals surface area contributed by atoms with E-state index < -0.39 is 0 Å².